The van der Waals surface area contributed by atoms with Crippen molar-refractivity contribution in [2.24, 2.45) is 0 Å². The minimum absolute atomic E-state index is 0.233. The van der Waals surface area contributed by atoms with E-state index in [1.54, 1.807) is 6.20 Å². The first-order valence-corrected chi connectivity index (χ1v) is 6.09. The number of urea groups is 1. The van der Waals surface area contributed by atoms with Gasteiger partial charge in [0.25, 0.3) is 0 Å². The molecule has 0 aliphatic carbocycles. The van der Waals surface area contributed by atoms with E-state index in [1.807, 2.05) is 0 Å². The van der Waals surface area contributed by atoms with Gasteiger partial charge in [0.05, 0.1) is 25.0 Å². The number of carbonyl (C=O) groups excluding carboxylic acids is 2. The summed E-state index contributed by atoms with van der Waals surface area (Å²) < 4.78 is 0. The molecule has 0 bridgehead atoms. The van der Waals surface area contributed by atoms with Crippen molar-refractivity contribution in [2.75, 3.05) is 13.1 Å². The highest BCUT2D eigenvalue weighted by molar-refractivity contribution is 5.91. The van der Waals surface area contributed by atoms with Crippen LogP contribution in [-0.4, -0.2) is 57.0 Å². The summed E-state index contributed by atoms with van der Waals surface area (Å²) >= 11 is 0. The molecule has 0 aromatic carbocycles. The maximum absolute atomic E-state index is 12.0. The zero-order valence-corrected chi connectivity index (χ0v) is 10.6. The van der Waals surface area contributed by atoms with Crippen molar-refractivity contribution in [2.45, 2.75) is 19.0 Å². The van der Waals surface area contributed by atoms with Gasteiger partial charge < -0.3 is 25.6 Å². The lowest BCUT2D eigenvalue weighted by atomic mass is 10.1. The van der Waals surface area contributed by atoms with Gasteiger partial charge in [-0.15, -0.1) is 0 Å². The number of carboxylic acid groups (broad SMARTS) is 1. The number of carboxylic acids is 1. The monoisotopic (exact) mass is 281 g/mol. The van der Waals surface area contributed by atoms with E-state index in [0.717, 1.165) is 5.69 Å². The fraction of sp³-hybridized carbons (Fsp3) is 0.455. The molecule has 1 atom stereocenters. The average molecular weight is 281 g/mol. The molecule has 4 N–H and O–H groups in total. The number of rotatable bonds is 4. The van der Waals surface area contributed by atoms with Gasteiger partial charge in [-0.2, -0.15) is 0 Å². The van der Waals surface area contributed by atoms with Gasteiger partial charge in [0.2, 0.25) is 5.91 Å². The van der Waals surface area contributed by atoms with Crippen molar-refractivity contribution < 1.29 is 19.5 Å². The van der Waals surface area contributed by atoms with E-state index in [2.05, 4.69) is 20.6 Å². The number of hydrogen-bond acceptors (Lipinski definition) is 4. The fourth-order valence-electron chi connectivity index (χ4n) is 1.98. The van der Waals surface area contributed by atoms with Crippen LogP contribution in [0.5, 0.6) is 0 Å². The average Bonchev–Trinajstić information content (AvgIpc) is 2.91. The van der Waals surface area contributed by atoms with Crippen molar-refractivity contribution in [3.63, 3.8) is 0 Å². The summed E-state index contributed by atoms with van der Waals surface area (Å²) in [6.45, 7) is 0.821. The molecule has 0 radical (unpaired) electrons. The van der Waals surface area contributed by atoms with Crippen molar-refractivity contribution in [1.82, 2.24) is 25.5 Å². The van der Waals surface area contributed by atoms with Gasteiger partial charge in [0.1, 0.15) is 6.04 Å². The number of nitrogens with one attached hydrogen (secondary N) is 3. The van der Waals surface area contributed by atoms with Crippen LogP contribution in [0.25, 0.3) is 0 Å². The van der Waals surface area contributed by atoms with Crippen LogP contribution in [0.2, 0.25) is 0 Å². The molecular weight excluding hydrogens is 266 g/mol. The molecule has 2 heterocycles. The predicted molar refractivity (Wildman–Crippen MR) is 66.6 cm³/mol. The van der Waals surface area contributed by atoms with Gasteiger partial charge in [-0.05, 0) is 0 Å². The van der Waals surface area contributed by atoms with E-state index in [4.69, 9.17) is 5.11 Å². The number of aromatic amines is 1. The molecule has 9 nitrogen and oxygen atoms in total. The zero-order chi connectivity index (χ0) is 14.5. The zero-order valence-electron chi connectivity index (χ0n) is 10.6. The number of aromatic nitrogens is 2. The highest BCUT2D eigenvalue weighted by Crippen LogP contribution is 2.09. The first kappa shape index (κ1) is 13.8. The Morgan fingerprint density at radius 1 is 1.55 bits per heavy atom. The van der Waals surface area contributed by atoms with Gasteiger partial charge in [0, 0.05) is 19.3 Å². The number of amides is 3. The molecule has 1 saturated heterocycles. The molecule has 20 heavy (non-hydrogen) atoms. The number of nitrogens with zero attached hydrogens (tertiary/aromatic N) is 2. The number of carbonyl (C=O) groups is 3. The van der Waals surface area contributed by atoms with Crippen LogP contribution in [0.4, 0.5) is 4.79 Å². The Balaban J connectivity index is 1.97. The minimum atomic E-state index is -1.13. The highest BCUT2D eigenvalue weighted by Gasteiger charge is 2.34. The number of H-pyrrole nitrogens is 1. The molecule has 1 unspecified atom stereocenters. The number of imidazole rings is 1. The van der Waals surface area contributed by atoms with E-state index in [-0.39, 0.29) is 13.1 Å². The van der Waals surface area contributed by atoms with Crippen LogP contribution in [0.3, 0.4) is 0 Å². The molecule has 1 fully saturated rings. The molecular formula is C11H15N5O4. The fourth-order valence-corrected chi connectivity index (χ4v) is 1.98. The summed E-state index contributed by atoms with van der Waals surface area (Å²) in [4.78, 5) is 42.4. The van der Waals surface area contributed by atoms with Crippen LogP contribution >= 0.6 is 0 Å². The Kier molecular flexibility index (Phi) is 4.18. The molecule has 3 amide bonds. The van der Waals surface area contributed by atoms with E-state index >= 15 is 0 Å². The molecule has 1 aromatic rings. The number of piperazine rings is 1. The van der Waals surface area contributed by atoms with E-state index in [1.165, 1.54) is 11.2 Å². The smallest absolute Gasteiger partial charge is 0.318 e. The van der Waals surface area contributed by atoms with Gasteiger partial charge in [-0.3, -0.25) is 9.59 Å². The standard InChI is InChI=1S/C11H15N5O4/c17-9(18)3-8-10(19)13-1-2-16(8)11(20)14-5-7-4-12-6-15-7/h4,6,8H,1-3,5H2,(H,12,15)(H,13,19)(H,14,20)(H,17,18). The Labute approximate surface area is 114 Å². The maximum atomic E-state index is 12.0. The second-order valence-electron chi connectivity index (χ2n) is 4.33. The third kappa shape index (κ3) is 3.25. The number of aliphatic carboxylic acids is 1. The summed E-state index contributed by atoms with van der Waals surface area (Å²) in [5, 5.41) is 14.0. The largest absolute Gasteiger partial charge is 0.481 e. The lowest BCUT2D eigenvalue weighted by molar-refractivity contribution is -0.142. The number of hydrogen-bond donors (Lipinski definition) is 4. The molecule has 1 aromatic heterocycles. The van der Waals surface area contributed by atoms with Gasteiger partial charge in [-0.25, -0.2) is 9.78 Å². The predicted octanol–water partition coefficient (Wildman–Crippen LogP) is -1.11. The molecule has 0 saturated carbocycles. The topological polar surface area (TPSA) is 127 Å². The lowest BCUT2D eigenvalue weighted by Crippen LogP contribution is -2.59. The first-order valence-electron chi connectivity index (χ1n) is 6.09. The van der Waals surface area contributed by atoms with Crippen LogP contribution in [0, 0.1) is 0 Å². The molecule has 9 heteroatoms. The highest BCUT2D eigenvalue weighted by atomic mass is 16.4. The SMILES string of the molecule is O=C(O)CC1C(=O)NCCN1C(=O)NCc1cnc[nH]1. The van der Waals surface area contributed by atoms with Gasteiger partial charge in [-0.1, -0.05) is 0 Å². The first-order chi connectivity index (χ1) is 9.58. The van der Waals surface area contributed by atoms with E-state index in [9.17, 15) is 14.4 Å². The summed E-state index contributed by atoms with van der Waals surface area (Å²) in [5.41, 5.74) is 0.717. The summed E-state index contributed by atoms with van der Waals surface area (Å²) in [6.07, 6.45) is 2.64. The van der Waals surface area contributed by atoms with Crippen LogP contribution in [0.1, 0.15) is 12.1 Å². The minimum Gasteiger partial charge on any atom is -0.481 e. The van der Waals surface area contributed by atoms with Crippen LogP contribution < -0.4 is 10.6 Å². The Hall–Kier alpha value is -2.58. The van der Waals surface area contributed by atoms with Crippen molar-refractivity contribution in [3.05, 3.63) is 18.2 Å². The van der Waals surface area contributed by atoms with Gasteiger partial charge >= 0.3 is 12.0 Å². The van der Waals surface area contributed by atoms with E-state index in [0.29, 0.717) is 6.54 Å². The van der Waals surface area contributed by atoms with Crippen molar-refractivity contribution in [3.8, 4) is 0 Å². The van der Waals surface area contributed by atoms with Crippen LogP contribution in [-0.2, 0) is 16.1 Å². The summed E-state index contributed by atoms with van der Waals surface area (Å²) in [5.74, 6) is -1.58. The third-order valence-electron chi connectivity index (χ3n) is 2.94. The van der Waals surface area contributed by atoms with Crippen LogP contribution in [0.15, 0.2) is 12.5 Å². The summed E-state index contributed by atoms with van der Waals surface area (Å²) in [6, 6.07) is -1.45. The quantitative estimate of drug-likeness (QED) is 0.556. The molecule has 2 rings (SSSR count). The second kappa shape index (κ2) is 6.04. The third-order valence-corrected chi connectivity index (χ3v) is 2.94. The summed E-state index contributed by atoms with van der Waals surface area (Å²) in [7, 11) is 0. The normalized spacial score (nSPS) is 18.5. The molecule has 1 aliphatic rings. The van der Waals surface area contributed by atoms with Crippen molar-refractivity contribution in [1.29, 1.82) is 0 Å². The molecule has 108 valence electrons. The second-order valence-corrected chi connectivity index (χ2v) is 4.33. The van der Waals surface area contributed by atoms with E-state index < -0.39 is 30.4 Å². The lowest BCUT2D eigenvalue weighted by Gasteiger charge is -2.34. The molecule has 0 spiro atoms. The Morgan fingerprint density at radius 2 is 2.35 bits per heavy atom. The molecule has 1 aliphatic heterocycles. The van der Waals surface area contributed by atoms with Gasteiger partial charge in [0.15, 0.2) is 0 Å². The Morgan fingerprint density at radius 3 is 3.00 bits per heavy atom. The van der Waals surface area contributed by atoms with Crippen molar-refractivity contribution >= 4 is 17.9 Å². The maximum Gasteiger partial charge on any atom is 0.318 e. The Bertz CT molecular complexity index is 501.